The van der Waals surface area contributed by atoms with Crippen LogP contribution in [0.1, 0.15) is 15.9 Å². The topological polar surface area (TPSA) is 38.8 Å². The molecule has 0 aliphatic rings. The number of hydrogen-bond donors (Lipinski definition) is 0. The van der Waals surface area contributed by atoms with E-state index in [0.29, 0.717) is 5.56 Å². The minimum Gasteiger partial charge on any atom is -0.315 e. The predicted molar refractivity (Wildman–Crippen MR) is 85.6 cm³/mol. The third-order valence-electron chi connectivity index (χ3n) is 3.19. The molecular weight excluding hydrogens is 342 g/mol. The maximum absolute atomic E-state index is 12.1. The van der Waals surface area contributed by atoms with Crippen LogP contribution in [0.25, 0.3) is 5.69 Å². The van der Waals surface area contributed by atoms with E-state index in [4.69, 9.17) is 0 Å². The molecule has 0 unspecified atom stereocenters. The average Bonchev–Trinajstić information content (AvgIpc) is 2.97. The maximum atomic E-state index is 12.1. The molecule has 0 aliphatic heterocycles. The number of halogens is 1. The summed E-state index contributed by atoms with van der Waals surface area (Å²) in [6.45, 7) is 4.75. The minimum absolute atomic E-state index is 0.216. The van der Waals surface area contributed by atoms with Gasteiger partial charge in [-0.25, -0.2) is 9.25 Å². The zero-order valence-corrected chi connectivity index (χ0v) is 13.5. The lowest BCUT2D eigenvalue weighted by molar-refractivity contribution is -0.684. The van der Waals surface area contributed by atoms with Crippen molar-refractivity contribution in [2.45, 2.75) is 6.92 Å². The van der Waals surface area contributed by atoms with Crippen LogP contribution in [0.15, 0.2) is 65.7 Å². The van der Waals surface area contributed by atoms with Gasteiger partial charge in [0.25, 0.3) is 0 Å². The highest BCUT2D eigenvalue weighted by molar-refractivity contribution is 9.10. The molecule has 0 spiro atoms. The van der Waals surface area contributed by atoms with E-state index in [1.54, 1.807) is 24.8 Å². The summed E-state index contributed by atoms with van der Waals surface area (Å²) in [6, 6.07) is 15.2. The first-order valence-corrected chi connectivity index (χ1v) is 7.51. The van der Waals surface area contributed by atoms with Gasteiger partial charge in [0, 0.05) is 4.47 Å². The smallest absolute Gasteiger partial charge is 0.215 e. The van der Waals surface area contributed by atoms with Gasteiger partial charge in [-0.05, 0) is 19.1 Å². The molecule has 2 aromatic carbocycles. The molecule has 109 valence electrons. The van der Waals surface area contributed by atoms with Crippen molar-refractivity contribution in [3.05, 3.63) is 83.3 Å². The van der Waals surface area contributed by atoms with Gasteiger partial charge < -0.3 is 4.79 Å². The van der Waals surface area contributed by atoms with Crippen molar-refractivity contribution in [1.29, 1.82) is 0 Å². The van der Waals surface area contributed by atoms with Crippen LogP contribution >= 0.6 is 15.9 Å². The quantitative estimate of drug-likeness (QED) is 0.410. The number of carbonyl (C=O) groups excluding carboxylic acids is 1. The zero-order chi connectivity index (χ0) is 15.5. The van der Waals surface area contributed by atoms with Crippen LogP contribution in [-0.2, 0) is 0 Å². The van der Waals surface area contributed by atoms with E-state index in [0.717, 1.165) is 10.2 Å². The predicted octanol–water partition coefficient (Wildman–Crippen LogP) is 3.00. The van der Waals surface area contributed by atoms with Crippen molar-refractivity contribution >= 4 is 21.7 Å². The number of aromatic nitrogens is 3. The Labute approximate surface area is 137 Å². The van der Waals surface area contributed by atoms with Crippen molar-refractivity contribution in [2.24, 2.45) is 0 Å². The monoisotopic (exact) mass is 354 g/mol. The van der Waals surface area contributed by atoms with Gasteiger partial charge in [0.2, 0.25) is 6.33 Å². The Morgan fingerprint density at radius 1 is 1.14 bits per heavy atom. The molecule has 0 aliphatic carbocycles. The lowest BCUT2D eigenvalue weighted by Gasteiger charge is -2.04. The summed E-state index contributed by atoms with van der Waals surface area (Å²) in [5, 5.41) is 4.14. The normalized spacial score (nSPS) is 10.5. The summed E-state index contributed by atoms with van der Waals surface area (Å²) in [4.78, 5) is 12.1. The van der Waals surface area contributed by atoms with Gasteiger partial charge in [0.05, 0.1) is 6.54 Å². The number of carbonyl (C=O) groups is 1. The SMILES string of the molecule is Cc1ccc(-n2cn[n+]([C-]C(=O)c3ccc(Br)cc3)c2)cc1. The van der Waals surface area contributed by atoms with E-state index in [-0.39, 0.29) is 5.78 Å². The van der Waals surface area contributed by atoms with Crippen molar-refractivity contribution in [3.8, 4) is 5.69 Å². The minimum atomic E-state index is -0.216. The van der Waals surface area contributed by atoms with Gasteiger partial charge >= 0.3 is 0 Å². The van der Waals surface area contributed by atoms with Gasteiger partial charge in [-0.2, -0.15) is 0 Å². The summed E-state index contributed by atoms with van der Waals surface area (Å²) in [5.41, 5.74) is 2.75. The van der Waals surface area contributed by atoms with Gasteiger partial charge in [0.1, 0.15) is 11.5 Å². The van der Waals surface area contributed by atoms with Crippen LogP contribution < -0.4 is 4.68 Å². The van der Waals surface area contributed by atoms with Gasteiger partial charge in [-0.15, -0.1) is 12.1 Å². The lowest BCUT2D eigenvalue weighted by atomic mass is 10.1. The molecule has 0 saturated carbocycles. The standard InChI is InChI=1S/C17H13BrN3O/c1-13-2-8-16(9-3-13)20-11-19-21(12-20)10-17(22)14-4-6-15(18)7-5-14/h2-9,11-12H,1H3. The Morgan fingerprint density at radius 3 is 2.50 bits per heavy atom. The van der Waals surface area contributed by atoms with E-state index in [9.17, 15) is 4.79 Å². The number of nitrogens with zero attached hydrogens (tertiary/aromatic N) is 3. The first-order valence-electron chi connectivity index (χ1n) is 6.72. The summed E-state index contributed by atoms with van der Waals surface area (Å²) in [5.74, 6) is -0.216. The number of rotatable bonds is 4. The Bertz CT molecular complexity index is 792. The first kappa shape index (κ1) is 14.5. The van der Waals surface area contributed by atoms with Gasteiger partial charge in [-0.3, -0.25) is 0 Å². The second kappa shape index (κ2) is 6.15. The molecule has 0 fully saturated rings. The fourth-order valence-electron chi connectivity index (χ4n) is 1.97. The van der Waals surface area contributed by atoms with Crippen molar-refractivity contribution in [3.63, 3.8) is 0 Å². The molecule has 0 bridgehead atoms. The van der Waals surface area contributed by atoms with Crippen LogP contribution in [0.4, 0.5) is 0 Å². The molecule has 0 N–H and O–H groups in total. The number of Topliss-reactive ketones (excluding diaryl/α,β-unsaturated/α-hetero) is 1. The van der Waals surface area contributed by atoms with Crippen LogP contribution in [0.5, 0.6) is 0 Å². The molecule has 1 heterocycles. The third kappa shape index (κ3) is 3.26. The second-order valence-electron chi connectivity index (χ2n) is 4.88. The third-order valence-corrected chi connectivity index (χ3v) is 3.72. The van der Waals surface area contributed by atoms with E-state index in [1.807, 2.05) is 47.9 Å². The molecule has 0 atom stereocenters. The number of hydrogen-bond acceptors (Lipinski definition) is 2. The number of ketones is 1. The lowest BCUT2D eigenvalue weighted by Crippen LogP contribution is -2.36. The number of benzene rings is 2. The molecule has 1 radical (unpaired) electrons. The zero-order valence-electron chi connectivity index (χ0n) is 11.9. The highest BCUT2D eigenvalue weighted by Crippen LogP contribution is 2.11. The van der Waals surface area contributed by atoms with E-state index in [2.05, 4.69) is 27.6 Å². The fraction of sp³-hybridized carbons (Fsp3) is 0.0588. The molecule has 22 heavy (non-hydrogen) atoms. The number of aryl methyl sites for hydroxylation is 1. The largest absolute Gasteiger partial charge is 0.315 e. The van der Waals surface area contributed by atoms with Crippen molar-refractivity contribution in [2.75, 3.05) is 0 Å². The summed E-state index contributed by atoms with van der Waals surface area (Å²) < 4.78 is 4.16. The van der Waals surface area contributed by atoms with Crippen molar-refractivity contribution < 1.29 is 9.48 Å². The molecule has 3 aromatic rings. The van der Waals surface area contributed by atoms with Crippen LogP contribution in [0, 0.1) is 13.5 Å². The Kier molecular flexibility index (Phi) is 4.06. The molecule has 5 heteroatoms. The second-order valence-corrected chi connectivity index (χ2v) is 5.80. The Hall–Kier alpha value is -2.40. The Balaban J connectivity index is 1.75. The highest BCUT2D eigenvalue weighted by Gasteiger charge is 2.07. The first-order chi connectivity index (χ1) is 10.6. The van der Waals surface area contributed by atoms with Crippen LogP contribution in [0.3, 0.4) is 0 Å². The average molecular weight is 355 g/mol. The van der Waals surface area contributed by atoms with Crippen LogP contribution in [0.2, 0.25) is 0 Å². The summed E-state index contributed by atoms with van der Waals surface area (Å²) in [7, 11) is 0. The fourth-order valence-corrected chi connectivity index (χ4v) is 2.23. The maximum Gasteiger partial charge on any atom is 0.215 e. The van der Waals surface area contributed by atoms with E-state index < -0.39 is 0 Å². The molecule has 4 nitrogen and oxygen atoms in total. The molecular formula is C17H13BrN3O. The summed E-state index contributed by atoms with van der Waals surface area (Å²) >= 11 is 3.34. The van der Waals surface area contributed by atoms with E-state index >= 15 is 0 Å². The molecule has 3 rings (SSSR count). The van der Waals surface area contributed by atoms with Crippen LogP contribution in [-0.4, -0.2) is 15.4 Å². The summed E-state index contributed by atoms with van der Waals surface area (Å²) in [6.07, 6.45) is 3.36. The van der Waals surface area contributed by atoms with Gasteiger partial charge in [0.15, 0.2) is 6.33 Å². The van der Waals surface area contributed by atoms with E-state index in [1.165, 1.54) is 10.2 Å². The molecule has 0 saturated heterocycles. The van der Waals surface area contributed by atoms with Gasteiger partial charge in [-0.1, -0.05) is 56.4 Å². The molecule has 0 amide bonds. The van der Waals surface area contributed by atoms with Crippen molar-refractivity contribution in [1.82, 2.24) is 9.67 Å². The highest BCUT2D eigenvalue weighted by atomic mass is 79.9. The Morgan fingerprint density at radius 2 is 1.82 bits per heavy atom. The molecule has 1 aromatic heterocycles.